The summed E-state index contributed by atoms with van der Waals surface area (Å²) in [5.74, 6) is 2.41. The minimum atomic E-state index is 0.495. The van der Waals surface area contributed by atoms with E-state index in [0.717, 1.165) is 5.92 Å². The van der Waals surface area contributed by atoms with Crippen LogP contribution in [0.2, 0.25) is 0 Å². The second-order valence-electron chi connectivity index (χ2n) is 4.66. The highest BCUT2D eigenvalue weighted by atomic mass is 14.3. The van der Waals surface area contributed by atoms with Crippen molar-refractivity contribution in [1.82, 2.24) is 0 Å². The first-order valence-electron chi connectivity index (χ1n) is 5.28. The zero-order valence-corrected chi connectivity index (χ0v) is 9.70. The van der Waals surface area contributed by atoms with Crippen LogP contribution >= 0.6 is 0 Å². The monoisotopic (exact) mass is 169 g/mol. The van der Waals surface area contributed by atoms with E-state index >= 15 is 0 Å². The number of hydrogen-bond donors (Lipinski definition) is 0. The highest BCUT2D eigenvalue weighted by Gasteiger charge is 2.28. The molecule has 0 spiro atoms. The highest BCUT2D eigenvalue weighted by Crippen LogP contribution is 2.38. The highest BCUT2D eigenvalue weighted by molar-refractivity contribution is 4.95. The molecule has 1 unspecified atom stereocenters. The number of hydrogen-bond acceptors (Lipinski definition) is 0. The smallest absolute Gasteiger partial charge is 0.0241 e. The standard InChI is InChI=1S/C12H25/c1-7-9-12(5,6)11(4)10(3)8-2/h11H,7-9H2,1-6H3. The van der Waals surface area contributed by atoms with Crippen molar-refractivity contribution in [3.63, 3.8) is 0 Å². The Morgan fingerprint density at radius 3 is 2.08 bits per heavy atom. The van der Waals surface area contributed by atoms with Crippen molar-refractivity contribution >= 4 is 0 Å². The van der Waals surface area contributed by atoms with Crippen molar-refractivity contribution in [3.05, 3.63) is 5.92 Å². The van der Waals surface area contributed by atoms with Crippen molar-refractivity contribution in [1.29, 1.82) is 0 Å². The van der Waals surface area contributed by atoms with Crippen molar-refractivity contribution in [3.8, 4) is 0 Å². The van der Waals surface area contributed by atoms with Crippen molar-refractivity contribution < 1.29 is 0 Å². The van der Waals surface area contributed by atoms with E-state index in [0.29, 0.717) is 5.41 Å². The molecule has 0 nitrogen and oxygen atoms in total. The van der Waals surface area contributed by atoms with Gasteiger partial charge in [-0.2, -0.15) is 0 Å². The molecular formula is C12H25. The molecule has 0 aromatic rings. The van der Waals surface area contributed by atoms with Gasteiger partial charge in [-0.25, -0.2) is 0 Å². The fourth-order valence-electron chi connectivity index (χ4n) is 1.83. The van der Waals surface area contributed by atoms with Crippen LogP contribution in [0.5, 0.6) is 0 Å². The van der Waals surface area contributed by atoms with E-state index in [9.17, 15) is 0 Å². The van der Waals surface area contributed by atoms with E-state index in [-0.39, 0.29) is 0 Å². The zero-order valence-electron chi connectivity index (χ0n) is 9.70. The van der Waals surface area contributed by atoms with Crippen LogP contribution in [0.25, 0.3) is 0 Å². The molecular weight excluding hydrogens is 144 g/mol. The normalized spacial score (nSPS) is 15.2. The molecule has 0 saturated carbocycles. The molecule has 0 amide bonds. The summed E-state index contributed by atoms with van der Waals surface area (Å²) < 4.78 is 0. The minimum Gasteiger partial charge on any atom is -0.0654 e. The maximum Gasteiger partial charge on any atom is -0.0241 e. The third-order valence-corrected chi connectivity index (χ3v) is 3.36. The predicted molar refractivity (Wildman–Crippen MR) is 57.1 cm³/mol. The molecule has 0 saturated heterocycles. The first-order chi connectivity index (χ1) is 5.45. The molecule has 1 radical (unpaired) electrons. The van der Waals surface area contributed by atoms with Crippen LogP contribution in [0, 0.1) is 17.3 Å². The Bertz CT molecular complexity index is 113. The molecule has 0 aliphatic heterocycles. The molecule has 0 heterocycles. The molecule has 0 aromatic heterocycles. The van der Waals surface area contributed by atoms with Gasteiger partial charge in [0, 0.05) is 0 Å². The SMILES string of the molecule is CCCC(C)(C)C(C)[C](C)CC. The summed E-state index contributed by atoms with van der Waals surface area (Å²) in [6, 6.07) is 0. The minimum absolute atomic E-state index is 0.495. The van der Waals surface area contributed by atoms with Crippen molar-refractivity contribution in [2.75, 3.05) is 0 Å². The summed E-state index contributed by atoms with van der Waals surface area (Å²) in [6.07, 6.45) is 3.87. The van der Waals surface area contributed by atoms with Crippen LogP contribution < -0.4 is 0 Å². The molecule has 12 heavy (non-hydrogen) atoms. The second kappa shape index (κ2) is 4.89. The Hall–Kier alpha value is 0. The zero-order chi connectivity index (χ0) is 9.78. The van der Waals surface area contributed by atoms with E-state index in [1.165, 1.54) is 19.3 Å². The average Bonchev–Trinajstić information content (AvgIpc) is 2.01. The molecule has 0 N–H and O–H groups in total. The summed E-state index contributed by atoms with van der Waals surface area (Å²) >= 11 is 0. The summed E-state index contributed by atoms with van der Waals surface area (Å²) in [5, 5.41) is 0. The van der Waals surface area contributed by atoms with Crippen LogP contribution in [0.3, 0.4) is 0 Å². The Labute approximate surface area is 78.8 Å². The maximum absolute atomic E-state index is 2.39. The topological polar surface area (TPSA) is 0 Å². The lowest BCUT2D eigenvalue weighted by atomic mass is 9.70. The first-order valence-corrected chi connectivity index (χ1v) is 5.28. The molecule has 1 atom stereocenters. The van der Waals surface area contributed by atoms with Gasteiger partial charge in [-0.3, -0.25) is 0 Å². The van der Waals surface area contributed by atoms with Gasteiger partial charge >= 0.3 is 0 Å². The van der Waals surface area contributed by atoms with Crippen LogP contribution in [-0.4, -0.2) is 0 Å². The summed E-state index contributed by atoms with van der Waals surface area (Å²) in [5.41, 5.74) is 0.495. The lowest BCUT2D eigenvalue weighted by Crippen LogP contribution is -2.25. The van der Waals surface area contributed by atoms with Gasteiger partial charge < -0.3 is 0 Å². The van der Waals surface area contributed by atoms with Crippen molar-refractivity contribution in [2.24, 2.45) is 11.3 Å². The predicted octanol–water partition coefficient (Wildman–Crippen LogP) is 4.45. The Kier molecular flexibility index (Phi) is 4.89. The van der Waals surface area contributed by atoms with Gasteiger partial charge in [0.15, 0.2) is 0 Å². The molecule has 0 heteroatoms. The van der Waals surface area contributed by atoms with Gasteiger partial charge in [0.2, 0.25) is 0 Å². The molecule has 0 bridgehead atoms. The fourth-order valence-corrected chi connectivity index (χ4v) is 1.83. The molecule has 0 fully saturated rings. The van der Waals surface area contributed by atoms with E-state index in [1.807, 2.05) is 0 Å². The first kappa shape index (κ1) is 12.0. The van der Waals surface area contributed by atoms with Crippen LogP contribution in [0.1, 0.15) is 60.8 Å². The fraction of sp³-hybridized carbons (Fsp3) is 0.917. The van der Waals surface area contributed by atoms with Gasteiger partial charge in [-0.05, 0) is 30.1 Å². The van der Waals surface area contributed by atoms with Crippen LogP contribution in [-0.2, 0) is 0 Å². The van der Waals surface area contributed by atoms with Crippen LogP contribution in [0.4, 0.5) is 0 Å². The number of rotatable bonds is 5. The molecule has 0 aliphatic carbocycles. The van der Waals surface area contributed by atoms with Gasteiger partial charge in [0.05, 0.1) is 0 Å². The molecule has 0 rings (SSSR count). The average molecular weight is 169 g/mol. The second-order valence-corrected chi connectivity index (χ2v) is 4.66. The summed E-state index contributed by atoms with van der Waals surface area (Å²) in [6.45, 7) is 14.0. The summed E-state index contributed by atoms with van der Waals surface area (Å²) in [7, 11) is 0. The molecule has 0 aromatic carbocycles. The lowest BCUT2D eigenvalue weighted by Gasteiger charge is -2.35. The van der Waals surface area contributed by atoms with E-state index in [2.05, 4.69) is 41.5 Å². The molecule has 0 aliphatic rings. The van der Waals surface area contributed by atoms with E-state index < -0.39 is 0 Å². The van der Waals surface area contributed by atoms with Crippen molar-refractivity contribution in [2.45, 2.75) is 60.8 Å². The molecule has 73 valence electrons. The maximum atomic E-state index is 2.39. The Morgan fingerprint density at radius 2 is 1.75 bits per heavy atom. The van der Waals surface area contributed by atoms with Gasteiger partial charge in [-0.1, -0.05) is 48.0 Å². The van der Waals surface area contributed by atoms with Gasteiger partial charge in [-0.15, -0.1) is 0 Å². The van der Waals surface area contributed by atoms with E-state index in [1.54, 1.807) is 5.92 Å². The third kappa shape index (κ3) is 3.16. The van der Waals surface area contributed by atoms with Crippen LogP contribution in [0.15, 0.2) is 0 Å². The van der Waals surface area contributed by atoms with Gasteiger partial charge in [0.25, 0.3) is 0 Å². The summed E-state index contributed by atoms with van der Waals surface area (Å²) in [4.78, 5) is 0. The van der Waals surface area contributed by atoms with E-state index in [4.69, 9.17) is 0 Å². The lowest BCUT2D eigenvalue weighted by molar-refractivity contribution is 0.216. The quantitative estimate of drug-likeness (QED) is 0.570. The largest absolute Gasteiger partial charge is 0.0654 e. The Balaban J connectivity index is 4.13. The van der Waals surface area contributed by atoms with Gasteiger partial charge in [0.1, 0.15) is 0 Å². The Morgan fingerprint density at radius 1 is 1.25 bits per heavy atom. The third-order valence-electron chi connectivity index (χ3n) is 3.36.